The SMILES string of the molecule is CC1CC(O)(C2(CN)CCCCCCC2)C1. The van der Waals surface area contributed by atoms with Crippen molar-refractivity contribution in [3.63, 3.8) is 0 Å². The van der Waals surface area contributed by atoms with Crippen LogP contribution in [-0.2, 0) is 0 Å². The molecular formula is C14H27NO. The van der Waals surface area contributed by atoms with Gasteiger partial charge in [0.15, 0.2) is 0 Å². The van der Waals surface area contributed by atoms with Crippen molar-refractivity contribution in [2.75, 3.05) is 6.54 Å². The van der Waals surface area contributed by atoms with Crippen LogP contribution in [0, 0.1) is 11.3 Å². The first-order chi connectivity index (χ1) is 7.62. The van der Waals surface area contributed by atoms with Crippen LogP contribution >= 0.6 is 0 Å². The van der Waals surface area contributed by atoms with E-state index in [9.17, 15) is 5.11 Å². The summed E-state index contributed by atoms with van der Waals surface area (Å²) in [6.45, 7) is 2.91. The standard InChI is InChI=1S/C14H27NO/c1-12-9-14(16,10-12)13(11-15)7-5-3-2-4-6-8-13/h12,16H,2-11,15H2,1H3. The molecule has 0 unspecified atom stereocenters. The molecule has 2 saturated carbocycles. The van der Waals surface area contributed by atoms with E-state index in [4.69, 9.17) is 5.73 Å². The zero-order valence-corrected chi connectivity index (χ0v) is 10.7. The number of rotatable bonds is 2. The summed E-state index contributed by atoms with van der Waals surface area (Å²) in [6, 6.07) is 0. The summed E-state index contributed by atoms with van der Waals surface area (Å²) >= 11 is 0. The van der Waals surface area contributed by atoms with E-state index >= 15 is 0 Å². The van der Waals surface area contributed by atoms with Crippen molar-refractivity contribution in [3.05, 3.63) is 0 Å². The lowest BCUT2D eigenvalue weighted by Crippen LogP contribution is -2.59. The molecule has 2 aliphatic carbocycles. The third kappa shape index (κ3) is 2.02. The first-order valence-electron chi connectivity index (χ1n) is 7.04. The van der Waals surface area contributed by atoms with Gasteiger partial charge in [-0.15, -0.1) is 0 Å². The maximum atomic E-state index is 10.8. The van der Waals surface area contributed by atoms with E-state index in [-0.39, 0.29) is 5.41 Å². The number of aliphatic hydroxyl groups is 1. The van der Waals surface area contributed by atoms with Crippen molar-refractivity contribution in [3.8, 4) is 0 Å². The fourth-order valence-corrected chi connectivity index (χ4v) is 3.97. The van der Waals surface area contributed by atoms with Crippen LogP contribution in [0.25, 0.3) is 0 Å². The normalized spacial score (nSPS) is 39.6. The van der Waals surface area contributed by atoms with Crippen LogP contribution in [0.5, 0.6) is 0 Å². The summed E-state index contributed by atoms with van der Waals surface area (Å²) in [4.78, 5) is 0. The predicted octanol–water partition coefficient (Wildman–Crippen LogP) is 2.84. The molecule has 0 amide bonds. The van der Waals surface area contributed by atoms with Crippen molar-refractivity contribution in [2.24, 2.45) is 17.1 Å². The van der Waals surface area contributed by atoms with Gasteiger partial charge in [-0.3, -0.25) is 0 Å². The minimum atomic E-state index is -0.432. The molecule has 0 aromatic rings. The van der Waals surface area contributed by atoms with E-state index < -0.39 is 5.60 Å². The minimum Gasteiger partial charge on any atom is -0.389 e. The number of hydrogen-bond donors (Lipinski definition) is 2. The Morgan fingerprint density at radius 3 is 2.00 bits per heavy atom. The van der Waals surface area contributed by atoms with Gasteiger partial charge < -0.3 is 10.8 Å². The van der Waals surface area contributed by atoms with E-state index in [1.807, 2.05) is 0 Å². The van der Waals surface area contributed by atoms with Gasteiger partial charge in [-0.05, 0) is 31.6 Å². The molecule has 94 valence electrons. The van der Waals surface area contributed by atoms with Crippen molar-refractivity contribution >= 4 is 0 Å². The summed E-state index contributed by atoms with van der Waals surface area (Å²) in [5.74, 6) is 0.693. The van der Waals surface area contributed by atoms with E-state index in [1.54, 1.807) is 0 Å². The van der Waals surface area contributed by atoms with Crippen LogP contribution in [-0.4, -0.2) is 17.3 Å². The topological polar surface area (TPSA) is 46.2 Å². The highest BCUT2D eigenvalue weighted by molar-refractivity contribution is 5.06. The van der Waals surface area contributed by atoms with Gasteiger partial charge >= 0.3 is 0 Å². The molecule has 3 N–H and O–H groups in total. The van der Waals surface area contributed by atoms with Crippen molar-refractivity contribution in [1.29, 1.82) is 0 Å². The Morgan fingerprint density at radius 1 is 1.06 bits per heavy atom. The van der Waals surface area contributed by atoms with Crippen molar-refractivity contribution in [2.45, 2.75) is 70.3 Å². The highest BCUT2D eigenvalue weighted by Gasteiger charge is 2.54. The third-order valence-electron chi connectivity index (χ3n) is 5.06. The summed E-state index contributed by atoms with van der Waals surface area (Å²) in [5, 5.41) is 10.8. The average molecular weight is 225 g/mol. The summed E-state index contributed by atoms with van der Waals surface area (Å²) < 4.78 is 0. The van der Waals surface area contributed by atoms with Crippen LogP contribution < -0.4 is 5.73 Å². The zero-order valence-electron chi connectivity index (χ0n) is 10.7. The fourth-order valence-electron chi connectivity index (χ4n) is 3.97. The largest absolute Gasteiger partial charge is 0.389 e. The third-order valence-corrected chi connectivity index (χ3v) is 5.06. The minimum absolute atomic E-state index is 0.0416. The van der Waals surface area contributed by atoms with E-state index in [0.717, 1.165) is 25.7 Å². The zero-order chi connectivity index (χ0) is 11.6. The van der Waals surface area contributed by atoms with Gasteiger partial charge in [0.1, 0.15) is 0 Å². The molecular weight excluding hydrogens is 198 g/mol. The summed E-state index contributed by atoms with van der Waals surface area (Å²) in [5.41, 5.74) is 5.65. The molecule has 2 aliphatic rings. The lowest BCUT2D eigenvalue weighted by Gasteiger charge is -2.56. The van der Waals surface area contributed by atoms with E-state index in [2.05, 4.69) is 6.92 Å². The molecule has 0 aromatic heterocycles. The molecule has 2 nitrogen and oxygen atoms in total. The maximum absolute atomic E-state index is 10.8. The Balaban J connectivity index is 2.09. The Kier molecular flexibility index (Phi) is 3.60. The van der Waals surface area contributed by atoms with Crippen LogP contribution in [0.2, 0.25) is 0 Å². The quantitative estimate of drug-likeness (QED) is 0.759. The fraction of sp³-hybridized carbons (Fsp3) is 1.00. The van der Waals surface area contributed by atoms with Crippen molar-refractivity contribution < 1.29 is 5.11 Å². The Hall–Kier alpha value is -0.0800. The first kappa shape index (κ1) is 12.4. The summed E-state index contributed by atoms with van der Waals surface area (Å²) in [6.07, 6.45) is 10.8. The smallest absolute Gasteiger partial charge is 0.0720 e. The summed E-state index contributed by atoms with van der Waals surface area (Å²) in [7, 11) is 0. The second-order valence-corrected chi connectivity index (χ2v) is 6.30. The van der Waals surface area contributed by atoms with Crippen LogP contribution in [0.4, 0.5) is 0 Å². The second-order valence-electron chi connectivity index (χ2n) is 6.30. The average Bonchev–Trinajstić information content (AvgIpc) is 2.16. The van der Waals surface area contributed by atoms with Gasteiger partial charge in [0.25, 0.3) is 0 Å². The van der Waals surface area contributed by atoms with Gasteiger partial charge in [-0.1, -0.05) is 39.0 Å². The first-order valence-corrected chi connectivity index (χ1v) is 7.04. The molecule has 0 bridgehead atoms. The van der Waals surface area contributed by atoms with Gasteiger partial charge in [0.2, 0.25) is 0 Å². The molecule has 0 aliphatic heterocycles. The van der Waals surface area contributed by atoms with Gasteiger partial charge in [-0.2, -0.15) is 0 Å². The van der Waals surface area contributed by atoms with Gasteiger partial charge in [0.05, 0.1) is 5.60 Å². The predicted molar refractivity (Wildman–Crippen MR) is 67.2 cm³/mol. The molecule has 0 radical (unpaired) electrons. The van der Waals surface area contributed by atoms with Crippen molar-refractivity contribution in [1.82, 2.24) is 0 Å². The lowest BCUT2D eigenvalue weighted by atomic mass is 9.54. The van der Waals surface area contributed by atoms with E-state index in [0.29, 0.717) is 12.5 Å². The molecule has 0 aromatic carbocycles. The van der Waals surface area contributed by atoms with E-state index in [1.165, 1.54) is 32.1 Å². The monoisotopic (exact) mass is 225 g/mol. The highest BCUT2D eigenvalue weighted by Crippen LogP contribution is 2.54. The Labute approximate surface area is 99.6 Å². The van der Waals surface area contributed by atoms with Crippen LogP contribution in [0.1, 0.15) is 64.7 Å². The highest BCUT2D eigenvalue weighted by atomic mass is 16.3. The number of hydrogen-bond acceptors (Lipinski definition) is 2. The Bertz CT molecular complexity index is 225. The molecule has 0 spiro atoms. The number of nitrogens with two attached hydrogens (primary N) is 1. The maximum Gasteiger partial charge on any atom is 0.0720 e. The molecule has 0 atom stereocenters. The Morgan fingerprint density at radius 2 is 1.56 bits per heavy atom. The molecule has 0 heterocycles. The van der Waals surface area contributed by atoms with Crippen LogP contribution in [0.15, 0.2) is 0 Å². The lowest BCUT2D eigenvalue weighted by molar-refractivity contribution is -0.169. The molecule has 2 heteroatoms. The molecule has 0 saturated heterocycles. The molecule has 2 fully saturated rings. The van der Waals surface area contributed by atoms with Crippen LogP contribution in [0.3, 0.4) is 0 Å². The van der Waals surface area contributed by atoms with Gasteiger partial charge in [-0.25, -0.2) is 0 Å². The van der Waals surface area contributed by atoms with Gasteiger partial charge in [0, 0.05) is 12.0 Å². The molecule has 16 heavy (non-hydrogen) atoms. The second kappa shape index (κ2) is 4.66. The molecule has 2 rings (SSSR count).